The zero-order valence-corrected chi connectivity index (χ0v) is 37.4. The predicted octanol–water partition coefficient (Wildman–Crippen LogP) is 11.4. The van der Waals surface area contributed by atoms with Crippen LogP contribution in [0.2, 0.25) is 0 Å². The normalized spacial score (nSPS) is 17.4. The molecule has 5 nitrogen and oxygen atoms in total. The summed E-state index contributed by atoms with van der Waals surface area (Å²) >= 11 is 0. The number of benzene rings is 4. The first-order valence-corrected chi connectivity index (χ1v) is 23.1. The number of hydrogen-bond acceptors (Lipinski definition) is 5. The summed E-state index contributed by atoms with van der Waals surface area (Å²) in [5, 5.41) is 3.22. The lowest BCUT2D eigenvalue weighted by Crippen LogP contribution is -2.49. The van der Waals surface area contributed by atoms with Gasteiger partial charge in [0, 0.05) is 82.9 Å². The fourth-order valence-electron chi connectivity index (χ4n) is 9.07. The molecule has 3 aliphatic heterocycles. The van der Waals surface area contributed by atoms with Crippen molar-refractivity contribution in [3.8, 4) is 0 Å². The van der Waals surface area contributed by atoms with Crippen molar-refractivity contribution in [2.24, 2.45) is 5.92 Å². The number of anilines is 2. The number of nitrogens with zero attached hydrogens (tertiary/aromatic N) is 4. The molecule has 0 amide bonds. The number of rotatable bonds is 11. The Morgan fingerprint density at radius 1 is 0.695 bits per heavy atom. The van der Waals surface area contributed by atoms with E-state index in [2.05, 4.69) is 112 Å². The van der Waals surface area contributed by atoms with Crippen LogP contribution in [0, 0.1) is 25.6 Å². The average molecular weight is 802 g/mol. The standard InChI is InChI=1S/C33H49N5.C11H14.C7H7F.C2H6/c1-3-34-17-8-7-9-28(2)38-20-16-30-12-13-33(25-31(30)27-38)37-23-21-35(22-24-37)26-29-14-18-36(19-15-29)32-10-5-4-6-11-32;1-9-6-7-10-4-2-3-5-11(10)8-9;1-6-4-2-3-5-7(6)8;1-2/h3-6,10-13,25,28-29,34H,1,7-9,14-24,26-27H2,2H3;6-8H,2-5H2,1H3;2-5H,1H3;1-2H3. The van der Waals surface area contributed by atoms with Crippen LogP contribution in [0.15, 0.2) is 104 Å². The first-order valence-electron chi connectivity index (χ1n) is 23.1. The van der Waals surface area contributed by atoms with Gasteiger partial charge in [0.2, 0.25) is 0 Å². The third-order valence-electron chi connectivity index (χ3n) is 12.8. The number of piperidine rings is 1. The van der Waals surface area contributed by atoms with Crippen molar-refractivity contribution in [2.45, 2.75) is 111 Å². The van der Waals surface area contributed by atoms with Gasteiger partial charge in [0.15, 0.2) is 0 Å². The number of halogens is 1. The van der Waals surface area contributed by atoms with Crippen molar-refractivity contribution in [3.63, 3.8) is 0 Å². The number of hydrogen-bond donors (Lipinski definition) is 1. The summed E-state index contributed by atoms with van der Waals surface area (Å²) in [7, 11) is 0. The van der Waals surface area contributed by atoms with Crippen LogP contribution in [-0.4, -0.2) is 74.7 Å². The summed E-state index contributed by atoms with van der Waals surface area (Å²) in [5.74, 6) is 0.712. The van der Waals surface area contributed by atoms with Crippen LogP contribution in [0.1, 0.15) is 99.1 Å². The van der Waals surface area contributed by atoms with Crippen molar-refractivity contribution in [1.82, 2.24) is 15.1 Å². The van der Waals surface area contributed by atoms with Gasteiger partial charge in [-0.2, -0.15) is 0 Å². The summed E-state index contributed by atoms with van der Waals surface area (Å²) in [6.45, 7) is 25.8. The predicted molar refractivity (Wildman–Crippen MR) is 252 cm³/mol. The van der Waals surface area contributed by atoms with E-state index < -0.39 is 0 Å². The van der Waals surface area contributed by atoms with Gasteiger partial charge >= 0.3 is 0 Å². The maximum absolute atomic E-state index is 12.3. The molecule has 6 heteroatoms. The fourth-order valence-corrected chi connectivity index (χ4v) is 9.07. The second-order valence-corrected chi connectivity index (χ2v) is 17.0. The van der Waals surface area contributed by atoms with Gasteiger partial charge in [-0.25, -0.2) is 4.39 Å². The highest BCUT2D eigenvalue weighted by Crippen LogP contribution is 2.29. The molecule has 0 spiro atoms. The lowest BCUT2D eigenvalue weighted by atomic mass is 9.91. The molecule has 1 unspecified atom stereocenters. The molecule has 0 radical (unpaired) electrons. The molecule has 0 aromatic heterocycles. The Hall–Kier alpha value is -4.13. The number of unbranched alkanes of at least 4 members (excludes halogenated alkanes) is 1. The van der Waals surface area contributed by atoms with Crippen molar-refractivity contribution in [1.29, 1.82) is 0 Å². The largest absolute Gasteiger partial charge is 0.391 e. The van der Waals surface area contributed by atoms with Crippen LogP contribution in [0.4, 0.5) is 15.8 Å². The number of aryl methyl sites for hydroxylation is 4. The van der Waals surface area contributed by atoms with E-state index in [4.69, 9.17) is 0 Å². The number of para-hydroxylation sites is 1. The summed E-state index contributed by atoms with van der Waals surface area (Å²) in [6, 6.07) is 32.5. The minimum Gasteiger partial charge on any atom is -0.391 e. The molecular formula is C53H76FN5. The minimum atomic E-state index is -0.132. The Kier molecular flexibility index (Phi) is 19.3. The van der Waals surface area contributed by atoms with E-state index >= 15 is 0 Å². The van der Waals surface area contributed by atoms with Crippen LogP contribution < -0.4 is 15.1 Å². The van der Waals surface area contributed by atoms with Gasteiger partial charge in [-0.15, -0.1) is 0 Å². The quantitative estimate of drug-likeness (QED) is 0.152. The van der Waals surface area contributed by atoms with E-state index in [0.29, 0.717) is 11.6 Å². The van der Waals surface area contributed by atoms with Gasteiger partial charge in [-0.3, -0.25) is 9.80 Å². The second-order valence-electron chi connectivity index (χ2n) is 17.0. The highest BCUT2D eigenvalue weighted by molar-refractivity contribution is 5.52. The van der Waals surface area contributed by atoms with Crippen molar-refractivity contribution in [3.05, 3.63) is 143 Å². The molecule has 1 atom stereocenters. The molecule has 4 aromatic rings. The third kappa shape index (κ3) is 14.5. The highest BCUT2D eigenvalue weighted by atomic mass is 19.1. The van der Waals surface area contributed by atoms with E-state index in [1.807, 2.05) is 19.9 Å². The summed E-state index contributed by atoms with van der Waals surface area (Å²) in [5.41, 5.74) is 11.2. The topological polar surface area (TPSA) is 25.0 Å². The summed E-state index contributed by atoms with van der Waals surface area (Å²) < 4.78 is 12.3. The molecule has 4 aromatic carbocycles. The molecule has 1 aliphatic carbocycles. The monoisotopic (exact) mass is 802 g/mol. The lowest BCUT2D eigenvalue weighted by molar-refractivity contribution is 0.179. The Labute approximate surface area is 358 Å². The molecule has 2 saturated heterocycles. The van der Waals surface area contributed by atoms with Crippen LogP contribution >= 0.6 is 0 Å². The van der Waals surface area contributed by atoms with Crippen LogP contribution in [0.25, 0.3) is 0 Å². The number of fused-ring (bicyclic) bond motifs is 2. The van der Waals surface area contributed by atoms with Gasteiger partial charge in [0.05, 0.1) is 0 Å². The van der Waals surface area contributed by atoms with E-state index in [0.717, 1.165) is 32.1 Å². The molecule has 8 rings (SSSR count). The first-order chi connectivity index (χ1) is 28.9. The molecule has 0 saturated carbocycles. The molecule has 3 heterocycles. The van der Waals surface area contributed by atoms with Gasteiger partial charge in [0.1, 0.15) is 5.82 Å². The van der Waals surface area contributed by atoms with Crippen molar-refractivity contribution >= 4 is 11.4 Å². The summed E-state index contributed by atoms with van der Waals surface area (Å²) in [4.78, 5) is 10.6. The molecule has 4 aliphatic rings. The smallest absolute Gasteiger partial charge is 0.126 e. The Morgan fingerprint density at radius 2 is 1.36 bits per heavy atom. The van der Waals surface area contributed by atoms with E-state index in [1.54, 1.807) is 47.5 Å². The Bertz CT molecular complexity index is 1770. The SMILES string of the molecule is C=CNCCCCC(C)N1CCc2ccc(N3CCN(CC4CCN(c5ccccc5)CC4)CC3)cc2C1.CC.Cc1ccc2c(c1)CCCC2.Cc1ccccc1F. The maximum Gasteiger partial charge on any atom is 0.126 e. The van der Waals surface area contributed by atoms with Crippen molar-refractivity contribution < 1.29 is 4.39 Å². The van der Waals surface area contributed by atoms with E-state index in [1.165, 1.54) is 126 Å². The zero-order valence-electron chi connectivity index (χ0n) is 37.4. The van der Waals surface area contributed by atoms with Gasteiger partial charge < -0.3 is 15.1 Å². The Balaban J connectivity index is 0.000000255. The highest BCUT2D eigenvalue weighted by Gasteiger charge is 2.26. The van der Waals surface area contributed by atoms with E-state index in [-0.39, 0.29) is 5.82 Å². The molecule has 320 valence electrons. The molecular weight excluding hydrogens is 726 g/mol. The molecule has 0 bridgehead atoms. The average Bonchev–Trinajstić information content (AvgIpc) is 3.29. The lowest BCUT2D eigenvalue weighted by Gasteiger charge is -2.40. The van der Waals surface area contributed by atoms with E-state index in [9.17, 15) is 4.39 Å². The van der Waals surface area contributed by atoms with Crippen LogP contribution in [-0.2, 0) is 25.8 Å². The fraction of sp³-hybridized carbons (Fsp3) is 0.509. The summed E-state index contributed by atoms with van der Waals surface area (Å²) in [6.07, 6.45) is 14.8. The Morgan fingerprint density at radius 3 is 2.05 bits per heavy atom. The number of nitrogens with one attached hydrogen (secondary N) is 1. The first kappa shape index (κ1) is 45.9. The molecule has 2 fully saturated rings. The van der Waals surface area contributed by atoms with Gasteiger partial charge in [0.25, 0.3) is 0 Å². The van der Waals surface area contributed by atoms with Crippen LogP contribution in [0.3, 0.4) is 0 Å². The van der Waals surface area contributed by atoms with Crippen LogP contribution in [0.5, 0.6) is 0 Å². The second kappa shape index (κ2) is 24.8. The maximum atomic E-state index is 12.3. The van der Waals surface area contributed by atoms with Gasteiger partial charge in [-0.05, 0) is 149 Å². The zero-order chi connectivity index (χ0) is 41.8. The third-order valence-corrected chi connectivity index (χ3v) is 12.8. The number of piperazine rings is 1. The molecule has 59 heavy (non-hydrogen) atoms. The van der Waals surface area contributed by atoms with Gasteiger partial charge in [-0.1, -0.05) is 93.1 Å². The molecule has 1 N–H and O–H groups in total. The van der Waals surface area contributed by atoms with Crippen molar-refractivity contribution in [2.75, 3.05) is 68.7 Å². The minimum absolute atomic E-state index is 0.132.